The highest BCUT2D eigenvalue weighted by atomic mass is 31.2. The van der Waals surface area contributed by atoms with Gasteiger partial charge in [-0.15, -0.1) is 0 Å². The summed E-state index contributed by atoms with van der Waals surface area (Å²) in [4.78, 5) is 72.5. The minimum atomic E-state index is -4.95. The number of hydrogen-bond acceptors (Lipinski definition) is 15. The predicted molar refractivity (Wildman–Crippen MR) is 381 cm³/mol. The summed E-state index contributed by atoms with van der Waals surface area (Å²) in [5, 5.41) is 10.6. The molecule has 0 fully saturated rings. The number of esters is 4. The van der Waals surface area contributed by atoms with Crippen molar-refractivity contribution in [2.24, 2.45) is 11.8 Å². The van der Waals surface area contributed by atoms with Gasteiger partial charge in [-0.05, 0) is 37.5 Å². The van der Waals surface area contributed by atoms with Gasteiger partial charge in [0.15, 0.2) is 12.2 Å². The molecule has 0 aromatic rings. The van der Waals surface area contributed by atoms with Gasteiger partial charge in [-0.25, -0.2) is 9.13 Å². The third-order valence-corrected chi connectivity index (χ3v) is 19.7. The molecule has 0 bridgehead atoms. The SMILES string of the molecule is CCCCCCCCCCCCCCCCC(=O)O[C@H](COC(=O)CCCCCCC)COP(=O)(O)OC[C@H](O)COP(=O)(O)OC[C@@H](COC(=O)CCCCCCCCCCCCCCCCC(C)C)OC(=O)CCCCCCCCCCCCCCCCC(C)CC. The van der Waals surface area contributed by atoms with Crippen LogP contribution in [0.15, 0.2) is 0 Å². The van der Waals surface area contributed by atoms with Gasteiger partial charge in [0.05, 0.1) is 26.4 Å². The Morgan fingerprint density at radius 3 is 0.809 bits per heavy atom. The lowest BCUT2D eigenvalue weighted by molar-refractivity contribution is -0.161. The lowest BCUT2D eigenvalue weighted by Crippen LogP contribution is -2.30. The second kappa shape index (κ2) is 66.9. The molecule has 0 rings (SSSR count). The summed E-state index contributed by atoms with van der Waals surface area (Å²) in [7, 11) is -9.90. The van der Waals surface area contributed by atoms with Crippen molar-refractivity contribution < 1.29 is 80.2 Å². The Balaban J connectivity index is 5.15. The van der Waals surface area contributed by atoms with Crippen LogP contribution in [0.25, 0.3) is 0 Å². The Bertz CT molecular complexity index is 1820. The first-order chi connectivity index (χ1) is 45.4. The van der Waals surface area contributed by atoms with E-state index in [9.17, 15) is 43.2 Å². The summed E-state index contributed by atoms with van der Waals surface area (Å²) in [6.07, 6.45) is 54.4. The second-order valence-corrected chi connectivity index (χ2v) is 30.7. The Labute approximate surface area is 575 Å². The van der Waals surface area contributed by atoms with E-state index in [4.69, 9.17) is 37.0 Å². The van der Waals surface area contributed by atoms with Crippen molar-refractivity contribution in [3.63, 3.8) is 0 Å². The molecule has 19 heteroatoms. The third kappa shape index (κ3) is 67.3. The van der Waals surface area contributed by atoms with Gasteiger partial charge in [-0.3, -0.25) is 37.3 Å². The molecule has 0 aliphatic carbocycles. The Kier molecular flexibility index (Phi) is 65.5. The minimum absolute atomic E-state index is 0.107. The van der Waals surface area contributed by atoms with E-state index in [1.807, 2.05) is 0 Å². The molecular weight excluding hydrogens is 1230 g/mol. The van der Waals surface area contributed by atoms with Crippen molar-refractivity contribution >= 4 is 39.5 Å². The molecule has 0 aromatic carbocycles. The van der Waals surface area contributed by atoms with Gasteiger partial charge in [0.2, 0.25) is 0 Å². The molecule has 0 radical (unpaired) electrons. The van der Waals surface area contributed by atoms with Crippen LogP contribution in [-0.4, -0.2) is 96.7 Å². The maximum absolute atomic E-state index is 13.1. The van der Waals surface area contributed by atoms with Crippen molar-refractivity contribution in [1.29, 1.82) is 0 Å². The first-order valence-corrected chi connectivity index (χ1v) is 42.0. The maximum Gasteiger partial charge on any atom is 0.472 e. The highest BCUT2D eigenvalue weighted by Crippen LogP contribution is 2.45. The Morgan fingerprint density at radius 1 is 0.309 bits per heavy atom. The molecule has 0 heterocycles. The number of carbonyl (C=O) groups excluding carboxylic acids is 4. The molecule has 17 nitrogen and oxygen atoms in total. The van der Waals surface area contributed by atoms with Gasteiger partial charge < -0.3 is 33.8 Å². The van der Waals surface area contributed by atoms with E-state index >= 15 is 0 Å². The van der Waals surface area contributed by atoms with Crippen LogP contribution in [0.5, 0.6) is 0 Å². The van der Waals surface area contributed by atoms with E-state index in [1.54, 1.807) is 0 Å². The zero-order valence-corrected chi connectivity index (χ0v) is 63.1. The molecule has 94 heavy (non-hydrogen) atoms. The van der Waals surface area contributed by atoms with E-state index in [1.165, 1.54) is 199 Å². The molecule has 0 aliphatic heterocycles. The number of phosphoric acid groups is 2. The summed E-state index contributed by atoms with van der Waals surface area (Å²) in [5.74, 6) is -0.482. The van der Waals surface area contributed by atoms with Gasteiger partial charge in [-0.2, -0.15) is 0 Å². The highest BCUT2D eigenvalue weighted by Gasteiger charge is 2.30. The summed E-state index contributed by atoms with van der Waals surface area (Å²) in [6.45, 7) is 9.58. The zero-order valence-electron chi connectivity index (χ0n) is 61.3. The standard InChI is InChI=1S/C75H146O17P2/c1-7-10-12-14-15-16-17-18-25-31-36-41-47-53-59-74(79)91-70(63-85-72(77)57-51-43-13-11-8-2)65-89-93(81,82)87-61-69(76)62-88-94(83,84)90-66-71(64-86-73(78)58-52-46-40-35-30-26-21-19-23-28-33-38-44-49-55-67(4)5)92-75(80)60-54-48-42-37-32-27-22-20-24-29-34-39-45-50-56-68(6)9-3/h67-71,76H,7-66H2,1-6H3,(H,81,82)(H,83,84)/t68?,69-,70+,71+/m0/s1. The number of ether oxygens (including phenoxy) is 4. The number of hydrogen-bond donors (Lipinski definition) is 3. The molecule has 0 amide bonds. The average molecular weight is 1380 g/mol. The van der Waals surface area contributed by atoms with Crippen LogP contribution in [0.1, 0.15) is 388 Å². The first-order valence-electron chi connectivity index (χ1n) is 39.0. The number of rotatable bonds is 74. The van der Waals surface area contributed by atoms with E-state index in [0.717, 1.165) is 108 Å². The Hall–Kier alpha value is -1.94. The minimum Gasteiger partial charge on any atom is -0.462 e. The van der Waals surface area contributed by atoms with Crippen molar-refractivity contribution in [2.45, 2.75) is 407 Å². The van der Waals surface area contributed by atoms with Gasteiger partial charge in [0, 0.05) is 25.7 Å². The number of unbranched alkanes of at least 4 members (excludes halogenated alkanes) is 43. The van der Waals surface area contributed by atoms with E-state index in [0.29, 0.717) is 25.7 Å². The number of carbonyl (C=O) groups is 4. The molecule has 3 N–H and O–H groups in total. The van der Waals surface area contributed by atoms with Crippen molar-refractivity contribution in [3.8, 4) is 0 Å². The van der Waals surface area contributed by atoms with Gasteiger partial charge in [0.1, 0.15) is 19.3 Å². The Morgan fingerprint density at radius 2 is 0.543 bits per heavy atom. The lowest BCUT2D eigenvalue weighted by atomic mass is 9.99. The zero-order chi connectivity index (χ0) is 69.3. The fourth-order valence-electron chi connectivity index (χ4n) is 11.4. The van der Waals surface area contributed by atoms with Crippen LogP contribution >= 0.6 is 15.6 Å². The smallest absolute Gasteiger partial charge is 0.462 e. The molecule has 0 aromatic heterocycles. The molecule has 0 saturated carbocycles. The van der Waals surface area contributed by atoms with Crippen LogP contribution in [0.4, 0.5) is 0 Å². The number of phosphoric ester groups is 2. The lowest BCUT2D eigenvalue weighted by Gasteiger charge is -2.21. The molecule has 558 valence electrons. The molecule has 0 aliphatic rings. The average Bonchev–Trinajstić information content (AvgIpc) is 2.31. The summed E-state index contributed by atoms with van der Waals surface area (Å²) >= 11 is 0. The first kappa shape index (κ1) is 92.1. The molecule has 0 spiro atoms. The highest BCUT2D eigenvalue weighted by molar-refractivity contribution is 7.47. The predicted octanol–water partition coefficient (Wildman–Crippen LogP) is 21.9. The van der Waals surface area contributed by atoms with Crippen LogP contribution in [0, 0.1) is 11.8 Å². The van der Waals surface area contributed by atoms with Crippen LogP contribution < -0.4 is 0 Å². The van der Waals surface area contributed by atoms with E-state index in [-0.39, 0.29) is 25.7 Å². The summed E-state index contributed by atoms with van der Waals surface area (Å²) in [6, 6.07) is 0. The van der Waals surface area contributed by atoms with E-state index < -0.39 is 97.5 Å². The normalized spacial score (nSPS) is 14.3. The van der Waals surface area contributed by atoms with Gasteiger partial charge in [-0.1, -0.05) is 337 Å². The third-order valence-electron chi connectivity index (χ3n) is 17.8. The monoisotopic (exact) mass is 1380 g/mol. The number of aliphatic hydroxyl groups excluding tert-OH is 1. The van der Waals surface area contributed by atoms with Crippen LogP contribution in [-0.2, 0) is 65.4 Å². The molecular formula is C75H146O17P2. The molecule has 6 atom stereocenters. The van der Waals surface area contributed by atoms with Crippen LogP contribution in [0.3, 0.4) is 0 Å². The number of aliphatic hydroxyl groups is 1. The topological polar surface area (TPSA) is 237 Å². The summed E-state index contributed by atoms with van der Waals surface area (Å²) in [5.41, 5.74) is 0. The van der Waals surface area contributed by atoms with Crippen LogP contribution in [0.2, 0.25) is 0 Å². The van der Waals surface area contributed by atoms with Crippen molar-refractivity contribution in [3.05, 3.63) is 0 Å². The van der Waals surface area contributed by atoms with Crippen molar-refractivity contribution in [2.75, 3.05) is 39.6 Å². The maximum atomic E-state index is 13.1. The largest absolute Gasteiger partial charge is 0.472 e. The fourth-order valence-corrected chi connectivity index (χ4v) is 13.0. The molecule has 3 unspecified atom stereocenters. The second-order valence-electron chi connectivity index (χ2n) is 27.8. The molecule has 0 saturated heterocycles. The van der Waals surface area contributed by atoms with Crippen molar-refractivity contribution in [1.82, 2.24) is 0 Å². The fraction of sp³-hybridized carbons (Fsp3) is 0.947. The summed E-state index contributed by atoms with van der Waals surface area (Å²) < 4.78 is 68.3. The quantitative estimate of drug-likeness (QED) is 0.0222. The van der Waals surface area contributed by atoms with E-state index in [2.05, 4.69) is 41.5 Å². The van der Waals surface area contributed by atoms with Gasteiger partial charge >= 0.3 is 39.5 Å². The van der Waals surface area contributed by atoms with Gasteiger partial charge in [0.25, 0.3) is 0 Å².